The average molecular weight is 234 g/mol. The molecule has 0 fully saturated rings. The van der Waals surface area contributed by atoms with Gasteiger partial charge in [-0.15, -0.1) is 0 Å². The fourth-order valence-corrected chi connectivity index (χ4v) is 2.00. The Balaban J connectivity index is 2.19. The van der Waals surface area contributed by atoms with E-state index in [2.05, 4.69) is 61.3 Å². The van der Waals surface area contributed by atoms with Gasteiger partial charge in [0.1, 0.15) is 0 Å². The van der Waals surface area contributed by atoms with Crippen LogP contribution in [0.15, 0.2) is 30.3 Å². The van der Waals surface area contributed by atoms with Crippen LogP contribution >= 0.6 is 0 Å². The third-order valence-corrected chi connectivity index (χ3v) is 3.37. The van der Waals surface area contributed by atoms with Gasteiger partial charge in [0.2, 0.25) is 0 Å². The largest absolute Gasteiger partial charge is 0.311 e. The summed E-state index contributed by atoms with van der Waals surface area (Å²) in [6, 6.07) is 11.3. The van der Waals surface area contributed by atoms with Crippen molar-refractivity contribution in [2.45, 2.75) is 39.8 Å². The first-order chi connectivity index (χ1) is 8.27. The molecule has 1 unspecified atom stereocenters. The van der Waals surface area contributed by atoms with E-state index >= 15 is 0 Å². The zero-order chi connectivity index (χ0) is 12.5. The lowest BCUT2D eigenvalue weighted by Gasteiger charge is -2.26. The third kappa shape index (κ3) is 5.33. The van der Waals surface area contributed by atoms with Crippen LogP contribution in [0.4, 0.5) is 0 Å². The summed E-state index contributed by atoms with van der Waals surface area (Å²) in [5, 5.41) is 3.50. The van der Waals surface area contributed by atoms with Gasteiger partial charge >= 0.3 is 0 Å². The number of benzene rings is 1. The lowest BCUT2D eigenvalue weighted by Crippen LogP contribution is -2.37. The zero-order valence-electron chi connectivity index (χ0n) is 11.4. The van der Waals surface area contributed by atoms with E-state index in [1.54, 1.807) is 0 Å². The van der Waals surface area contributed by atoms with Crippen molar-refractivity contribution < 1.29 is 0 Å². The highest BCUT2D eigenvalue weighted by Gasteiger charge is 2.08. The molecule has 1 aromatic carbocycles. The minimum atomic E-state index is 0.693. The molecule has 0 amide bonds. The summed E-state index contributed by atoms with van der Waals surface area (Å²) < 4.78 is 0. The van der Waals surface area contributed by atoms with Crippen LogP contribution in [0.25, 0.3) is 0 Å². The maximum absolute atomic E-state index is 3.50. The molecule has 0 saturated heterocycles. The maximum Gasteiger partial charge on any atom is 0.0206 e. The Hall–Kier alpha value is -0.860. The third-order valence-electron chi connectivity index (χ3n) is 3.37. The fourth-order valence-electron chi connectivity index (χ4n) is 2.00. The predicted octanol–water partition coefficient (Wildman–Crippen LogP) is 2.90. The molecule has 0 bridgehead atoms. The van der Waals surface area contributed by atoms with Gasteiger partial charge in [0, 0.05) is 25.7 Å². The number of nitrogens with one attached hydrogen (secondary N) is 1. The standard InChI is InChI=1S/C15H26N2/c1-4-14(3)17(5-2)12-11-16-13-15-9-7-6-8-10-15/h6-10,14,16H,4-5,11-13H2,1-3H3. The maximum atomic E-state index is 3.50. The molecule has 1 aromatic rings. The summed E-state index contributed by atoms with van der Waals surface area (Å²) >= 11 is 0. The van der Waals surface area contributed by atoms with E-state index in [1.165, 1.54) is 12.0 Å². The van der Waals surface area contributed by atoms with Crippen LogP contribution in [0.1, 0.15) is 32.8 Å². The summed E-state index contributed by atoms with van der Waals surface area (Å²) in [6.07, 6.45) is 1.23. The van der Waals surface area contributed by atoms with Crippen molar-refractivity contribution in [2.24, 2.45) is 0 Å². The normalized spacial score (nSPS) is 12.9. The Morgan fingerprint density at radius 1 is 1.18 bits per heavy atom. The molecule has 17 heavy (non-hydrogen) atoms. The molecule has 0 radical (unpaired) electrons. The van der Waals surface area contributed by atoms with Gasteiger partial charge in [-0.3, -0.25) is 4.90 Å². The van der Waals surface area contributed by atoms with Crippen LogP contribution in [0.5, 0.6) is 0 Å². The minimum absolute atomic E-state index is 0.693. The van der Waals surface area contributed by atoms with Crippen molar-refractivity contribution in [1.82, 2.24) is 10.2 Å². The second-order valence-electron chi connectivity index (χ2n) is 4.55. The summed E-state index contributed by atoms with van der Waals surface area (Å²) in [7, 11) is 0. The first kappa shape index (κ1) is 14.2. The molecular weight excluding hydrogens is 208 g/mol. The molecule has 2 heteroatoms. The van der Waals surface area contributed by atoms with E-state index < -0.39 is 0 Å². The molecule has 1 rings (SSSR count). The number of nitrogens with zero attached hydrogens (tertiary/aromatic N) is 1. The first-order valence-electron chi connectivity index (χ1n) is 6.76. The van der Waals surface area contributed by atoms with Crippen LogP contribution in [-0.2, 0) is 6.54 Å². The molecule has 0 spiro atoms. The van der Waals surface area contributed by atoms with E-state index in [0.717, 1.165) is 26.2 Å². The molecular formula is C15H26N2. The number of hydrogen-bond donors (Lipinski definition) is 1. The molecule has 0 aliphatic rings. The van der Waals surface area contributed by atoms with Crippen molar-refractivity contribution in [2.75, 3.05) is 19.6 Å². The minimum Gasteiger partial charge on any atom is -0.311 e. The van der Waals surface area contributed by atoms with Crippen molar-refractivity contribution in [1.29, 1.82) is 0 Å². The quantitative estimate of drug-likeness (QED) is 0.696. The van der Waals surface area contributed by atoms with Gasteiger partial charge in [-0.2, -0.15) is 0 Å². The highest BCUT2D eigenvalue weighted by Crippen LogP contribution is 2.02. The van der Waals surface area contributed by atoms with Gasteiger partial charge in [0.25, 0.3) is 0 Å². The molecule has 1 N–H and O–H groups in total. The van der Waals surface area contributed by atoms with Crippen molar-refractivity contribution >= 4 is 0 Å². The van der Waals surface area contributed by atoms with Gasteiger partial charge in [-0.25, -0.2) is 0 Å². The topological polar surface area (TPSA) is 15.3 Å². The Morgan fingerprint density at radius 2 is 1.88 bits per heavy atom. The van der Waals surface area contributed by atoms with Gasteiger partial charge < -0.3 is 5.32 Å². The van der Waals surface area contributed by atoms with Crippen molar-refractivity contribution in [3.8, 4) is 0 Å². The SMILES string of the molecule is CCC(C)N(CC)CCNCc1ccccc1. The fraction of sp³-hybridized carbons (Fsp3) is 0.600. The molecule has 1 atom stereocenters. The van der Waals surface area contributed by atoms with E-state index in [9.17, 15) is 0 Å². The molecule has 0 aliphatic heterocycles. The summed E-state index contributed by atoms with van der Waals surface area (Å²) in [4.78, 5) is 2.53. The van der Waals surface area contributed by atoms with Crippen LogP contribution in [0.2, 0.25) is 0 Å². The number of hydrogen-bond acceptors (Lipinski definition) is 2. The summed E-state index contributed by atoms with van der Waals surface area (Å²) in [5.74, 6) is 0. The number of likely N-dealkylation sites (N-methyl/N-ethyl adjacent to an activating group) is 1. The van der Waals surface area contributed by atoms with Gasteiger partial charge in [-0.1, -0.05) is 44.2 Å². The van der Waals surface area contributed by atoms with E-state index in [-0.39, 0.29) is 0 Å². The molecule has 0 heterocycles. The average Bonchev–Trinajstić information content (AvgIpc) is 2.39. The second-order valence-corrected chi connectivity index (χ2v) is 4.55. The van der Waals surface area contributed by atoms with Gasteiger partial charge in [-0.05, 0) is 25.5 Å². The van der Waals surface area contributed by atoms with E-state index in [1.807, 2.05) is 0 Å². The van der Waals surface area contributed by atoms with E-state index in [0.29, 0.717) is 6.04 Å². The highest BCUT2D eigenvalue weighted by atomic mass is 15.2. The van der Waals surface area contributed by atoms with Gasteiger partial charge in [0.05, 0.1) is 0 Å². The zero-order valence-corrected chi connectivity index (χ0v) is 11.4. The molecule has 96 valence electrons. The summed E-state index contributed by atoms with van der Waals surface area (Å²) in [6.45, 7) is 11.1. The van der Waals surface area contributed by atoms with Gasteiger partial charge in [0.15, 0.2) is 0 Å². The van der Waals surface area contributed by atoms with Crippen LogP contribution in [0.3, 0.4) is 0 Å². The van der Waals surface area contributed by atoms with Crippen molar-refractivity contribution in [3.05, 3.63) is 35.9 Å². The molecule has 0 aliphatic carbocycles. The molecule has 0 saturated carbocycles. The van der Waals surface area contributed by atoms with Crippen LogP contribution < -0.4 is 5.32 Å². The van der Waals surface area contributed by atoms with Crippen LogP contribution in [0, 0.1) is 0 Å². The summed E-state index contributed by atoms with van der Waals surface area (Å²) in [5.41, 5.74) is 1.36. The Labute approximate surface area is 106 Å². The lowest BCUT2D eigenvalue weighted by atomic mass is 10.2. The lowest BCUT2D eigenvalue weighted by molar-refractivity contribution is 0.215. The monoisotopic (exact) mass is 234 g/mol. The Bertz CT molecular complexity index is 284. The van der Waals surface area contributed by atoms with E-state index in [4.69, 9.17) is 0 Å². The smallest absolute Gasteiger partial charge is 0.0206 e. The Morgan fingerprint density at radius 3 is 2.47 bits per heavy atom. The molecule has 2 nitrogen and oxygen atoms in total. The number of rotatable bonds is 8. The second kappa shape index (κ2) is 8.26. The predicted molar refractivity (Wildman–Crippen MR) is 75.1 cm³/mol. The van der Waals surface area contributed by atoms with Crippen LogP contribution in [-0.4, -0.2) is 30.6 Å². The molecule has 0 aromatic heterocycles. The van der Waals surface area contributed by atoms with Crippen molar-refractivity contribution in [3.63, 3.8) is 0 Å². The Kier molecular flexibility index (Phi) is 6.90. The first-order valence-corrected chi connectivity index (χ1v) is 6.76. The highest BCUT2D eigenvalue weighted by molar-refractivity contribution is 5.14.